The summed E-state index contributed by atoms with van der Waals surface area (Å²) in [5.41, 5.74) is 0.435. The van der Waals surface area contributed by atoms with E-state index in [0.717, 1.165) is 37.6 Å². The van der Waals surface area contributed by atoms with E-state index in [2.05, 4.69) is 22.3 Å². The molecular formula is C16H23N3O2. The first-order chi connectivity index (χ1) is 10.2. The molecular weight excluding hydrogens is 266 g/mol. The summed E-state index contributed by atoms with van der Waals surface area (Å²) in [5.74, 6) is 2.69. The number of hydrogen-bond donors (Lipinski definition) is 1. The average Bonchev–Trinajstić information content (AvgIpc) is 3.37. The largest absolute Gasteiger partial charge is 0.360 e. The minimum atomic E-state index is -0.0872. The standard InChI is InChI=1S/C16H23N3O2/c1-10-7-19(8-11-2-3-11)9-14(10)17-16(20)13-6-15(21-18-13)12-4-5-12/h6,10-12,14H,2-5,7-9H2,1H3,(H,17,20)/t10-,14?/m0/s1. The molecule has 1 aromatic heterocycles. The molecule has 21 heavy (non-hydrogen) atoms. The van der Waals surface area contributed by atoms with Gasteiger partial charge in [-0.1, -0.05) is 12.1 Å². The van der Waals surface area contributed by atoms with Crippen molar-refractivity contribution < 1.29 is 9.32 Å². The van der Waals surface area contributed by atoms with Crippen molar-refractivity contribution in [2.45, 2.75) is 44.6 Å². The van der Waals surface area contributed by atoms with Gasteiger partial charge in [0.2, 0.25) is 0 Å². The van der Waals surface area contributed by atoms with Crippen LogP contribution >= 0.6 is 0 Å². The summed E-state index contributed by atoms with van der Waals surface area (Å²) in [4.78, 5) is 14.8. The van der Waals surface area contributed by atoms with Crippen LogP contribution in [0, 0.1) is 11.8 Å². The van der Waals surface area contributed by atoms with E-state index in [9.17, 15) is 4.79 Å². The molecule has 2 atom stereocenters. The van der Waals surface area contributed by atoms with Crippen LogP contribution in [0.25, 0.3) is 0 Å². The average molecular weight is 289 g/mol. The molecule has 0 radical (unpaired) electrons. The van der Waals surface area contributed by atoms with Crippen molar-refractivity contribution in [2.24, 2.45) is 11.8 Å². The maximum absolute atomic E-state index is 12.3. The highest BCUT2D eigenvalue weighted by molar-refractivity contribution is 5.92. The van der Waals surface area contributed by atoms with Crippen LogP contribution in [-0.4, -0.2) is 41.6 Å². The molecule has 2 aliphatic carbocycles. The molecule has 1 amide bonds. The van der Waals surface area contributed by atoms with E-state index >= 15 is 0 Å². The van der Waals surface area contributed by atoms with Crippen LogP contribution in [-0.2, 0) is 0 Å². The van der Waals surface area contributed by atoms with Crippen molar-refractivity contribution in [1.82, 2.24) is 15.4 Å². The summed E-state index contributed by atoms with van der Waals surface area (Å²) in [6.07, 6.45) is 5.08. The molecule has 4 rings (SSSR count). The van der Waals surface area contributed by atoms with Gasteiger partial charge in [-0.05, 0) is 37.5 Å². The third-order valence-corrected chi connectivity index (χ3v) is 4.96. The van der Waals surface area contributed by atoms with Crippen LogP contribution in [0.1, 0.15) is 54.8 Å². The second kappa shape index (κ2) is 5.13. The summed E-state index contributed by atoms with van der Waals surface area (Å²) in [7, 11) is 0. The van der Waals surface area contributed by atoms with E-state index in [0.29, 0.717) is 17.5 Å². The van der Waals surface area contributed by atoms with Gasteiger partial charge in [0.15, 0.2) is 5.69 Å². The number of carbonyl (C=O) groups excluding carboxylic acids is 1. The van der Waals surface area contributed by atoms with Gasteiger partial charge in [-0.25, -0.2) is 0 Å². The monoisotopic (exact) mass is 289 g/mol. The summed E-state index contributed by atoms with van der Waals surface area (Å²) in [5, 5.41) is 7.06. The number of rotatable bonds is 5. The van der Waals surface area contributed by atoms with Crippen molar-refractivity contribution in [2.75, 3.05) is 19.6 Å². The summed E-state index contributed by atoms with van der Waals surface area (Å²) < 4.78 is 5.26. The topological polar surface area (TPSA) is 58.4 Å². The van der Waals surface area contributed by atoms with Gasteiger partial charge in [-0.2, -0.15) is 0 Å². The van der Waals surface area contributed by atoms with Crippen LogP contribution in [0.15, 0.2) is 10.6 Å². The third-order valence-electron chi connectivity index (χ3n) is 4.96. The first kappa shape index (κ1) is 13.3. The minimum absolute atomic E-state index is 0.0872. The molecule has 1 saturated heterocycles. The molecule has 0 spiro atoms. The Hall–Kier alpha value is -1.36. The summed E-state index contributed by atoms with van der Waals surface area (Å²) >= 11 is 0. The SMILES string of the molecule is C[C@H]1CN(CC2CC2)CC1NC(=O)c1cc(C2CC2)on1. The van der Waals surface area contributed by atoms with Gasteiger partial charge >= 0.3 is 0 Å². The third kappa shape index (κ3) is 2.98. The predicted molar refractivity (Wildman–Crippen MR) is 78.1 cm³/mol. The smallest absolute Gasteiger partial charge is 0.273 e. The lowest BCUT2D eigenvalue weighted by Gasteiger charge is -2.16. The van der Waals surface area contributed by atoms with Crippen LogP contribution < -0.4 is 5.32 Å². The maximum Gasteiger partial charge on any atom is 0.273 e. The molecule has 0 bridgehead atoms. The molecule has 1 N–H and O–H groups in total. The Morgan fingerprint density at radius 1 is 1.38 bits per heavy atom. The number of amides is 1. The molecule has 5 nitrogen and oxygen atoms in total. The van der Waals surface area contributed by atoms with Crippen LogP contribution in [0.3, 0.4) is 0 Å². The molecule has 1 aliphatic heterocycles. The lowest BCUT2D eigenvalue weighted by molar-refractivity contribution is 0.0922. The lowest BCUT2D eigenvalue weighted by Crippen LogP contribution is -2.40. The van der Waals surface area contributed by atoms with E-state index < -0.39 is 0 Å². The summed E-state index contributed by atoms with van der Waals surface area (Å²) in [6, 6.07) is 2.05. The second-order valence-corrected chi connectivity index (χ2v) is 7.11. The van der Waals surface area contributed by atoms with E-state index in [4.69, 9.17) is 4.52 Å². The lowest BCUT2D eigenvalue weighted by atomic mass is 10.1. The Morgan fingerprint density at radius 2 is 2.19 bits per heavy atom. The quantitative estimate of drug-likeness (QED) is 0.901. The molecule has 5 heteroatoms. The van der Waals surface area contributed by atoms with Gasteiger partial charge in [-0.3, -0.25) is 4.79 Å². The van der Waals surface area contributed by atoms with Gasteiger partial charge in [-0.15, -0.1) is 0 Å². The number of carbonyl (C=O) groups is 1. The number of nitrogens with one attached hydrogen (secondary N) is 1. The van der Waals surface area contributed by atoms with E-state index in [-0.39, 0.29) is 11.9 Å². The Kier molecular flexibility index (Phi) is 3.25. The Labute approximate surface area is 125 Å². The van der Waals surface area contributed by atoms with Crippen molar-refractivity contribution >= 4 is 5.91 Å². The Balaban J connectivity index is 1.34. The number of aromatic nitrogens is 1. The Morgan fingerprint density at radius 3 is 2.90 bits per heavy atom. The van der Waals surface area contributed by atoms with Gasteiger partial charge in [0.05, 0.1) is 0 Å². The zero-order valence-corrected chi connectivity index (χ0v) is 12.5. The van der Waals surface area contributed by atoms with E-state index in [1.54, 1.807) is 0 Å². The maximum atomic E-state index is 12.3. The van der Waals surface area contributed by atoms with Crippen molar-refractivity contribution in [3.63, 3.8) is 0 Å². The van der Waals surface area contributed by atoms with Crippen molar-refractivity contribution in [1.29, 1.82) is 0 Å². The molecule has 114 valence electrons. The summed E-state index contributed by atoms with van der Waals surface area (Å²) in [6.45, 7) is 5.48. The first-order valence-corrected chi connectivity index (χ1v) is 8.19. The van der Waals surface area contributed by atoms with E-state index in [1.165, 1.54) is 19.4 Å². The molecule has 1 aromatic rings. The highest BCUT2D eigenvalue weighted by atomic mass is 16.5. The first-order valence-electron chi connectivity index (χ1n) is 8.19. The fraction of sp³-hybridized carbons (Fsp3) is 0.750. The molecule has 2 heterocycles. The molecule has 3 fully saturated rings. The normalized spacial score (nSPS) is 29.8. The fourth-order valence-corrected chi connectivity index (χ4v) is 3.27. The van der Waals surface area contributed by atoms with Gasteiger partial charge in [0.1, 0.15) is 5.76 Å². The molecule has 0 aromatic carbocycles. The Bertz CT molecular complexity index is 533. The van der Waals surface area contributed by atoms with Crippen molar-refractivity contribution in [3.05, 3.63) is 17.5 Å². The number of likely N-dealkylation sites (tertiary alicyclic amines) is 1. The number of nitrogens with zero attached hydrogens (tertiary/aromatic N) is 2. The van der Waals surface area contributed by atoms with Gasteiger partial charge in [0.25, 0.3) is 5.91 Å². The molecule has 3 aliphatic rings. The second-order valence-electron chi connectivity index (χ2n) is 7.11. The van der Waals surface area contributed by atoms with Crippen LogP contribution in [0.2, 0.25) is 0 Å². The predicted octanol–water partition coefficient (Wildman–Crippen LogP) is 2.01. The fourth-order valence-electron chi connectivity index (χ4n) is 3.27. The minimum Gasteiger partial charge on any atom is -0.360 e. The molecule has 2 saturated carbocycles. The zero-order valence-electron chi connectivity index (χ0n) is 12.5. The van der Waals surface area contributed by atoms with Gasteiger partial charge in [0, 0.05) is 37.7 Å². The van der Waals surface area contributed by atoms with Crippen LogP contribution in [0.5, 0.6) is 0 Å². The molecule has 1 unspecified atom stereocenters. The highest BCUT2D eigenvalue weighted by Crippen LogP contribution is 2.40. The van der Waals surface area contributed by atoms with Gasteiger partial charge < -0.3 is 14.7 Å². The zero-order chi connectivity index (χ0) is 14.4. The van der Waals surface area contributed by atoms with Crippen LogP contribution in [0.4, 0.5) is 0 Å². The number of hydrogen-bond acceptors (Lipinski definition) is 4. The highest BCUT2D eigenvalue weighted by Gasteiger charge is 2.35. The van der Waals surface area contributed by atoms with E-state index in [1.807, 2.05) is 6.07 Å². The van der Waals surface area contributed by atoms with Crippen molar-refractivity contribution in [3.8, 4) is 0 Å².